The molecular weight excluding hydrogens is 160 g/mol. The first-order valence-electron chi connectivity index (χ1n) is 5.55. The van der Waals surface area contributed by atoms with Gasteiger partial charge in [-0.15, -0.1) is 0 Å². The highest BCUT2D eigenvalue weighted by atomic mass is 16.1. The van der Waals surface area contributed by atoms with Gasteiger partial charge in [-0.3, -0.25) is 4.79 Å². The quantitative estimate of drug-likeness (QED) is 0.648. The van der Waals surface area contributed by atoms with Crippen LogP contribution < -0.4 is 0 Å². The van der Waals surface area contributed by atoms with Gasteiger partial charge in [0.1, 0.15) is 0 Å². The third-order valence-electron chi connectivity index (χ3n) is 2.64. The SMILES string of the molecule is CCCC/C1=C/C(=O)CCCCC1. The summed E-state index contributed by atoms with van der Waals surface area (Å²) in [5, 5.41) is 0. The number of carbonyl (C=O) groups excluding carboxylic acids is 1. The van der Waals surface area contributed by atoms with Crippen molar-refractivity contribution in [2.24, 2.45) is 0 Å². The second-order valence-electron chi connectivity index (χ2n) is 3.93. The minimum absolute atomic E-state index is 0.353. The molecule has 0 unspecified atom stereocenters. The first-order valence-corrected chi connectivity index (χ1v) is 5.55. The van der Waals surface area contributed by atoms with Gasteiger partial charge in [-0.2, -0.15) is 0 Å². The molecule has 1 aliphatic carbocycles. The Morgan fingerprint density at radius 3 is 2.77 bits per heavy atom. The lowest BCUT2D eigenvalue weighted by Crippen LogP contribution is -1.99. The van der Waals surface area contributed by atoms with Gasteiger partial charge in [-0.1, -0.05) is 25.3 Å². The zero-order chi connectivity index (χ0) is 9.52. The minimum atomic E-state index is 0.353. The van der Waals surface area contributed by atoms with Crippen molar-refractivity contribution in [3.8, 4) is 0 Å². The van der Waals surface area contributed by atoms with Crippen molar-refractivity contribution in [1.82, 2.24) is 0 Å². The summed E-state index contributed by atoms with van der Waals surface area (Å²) in [4.78, 5) is 11.3. The lowest BCUT2D eigenvalue weighted by Gasteiger charge is -2.09. The molecule has 0 N–H and O–H groups in total. The molecule has 0 atom stereocenters. The second-order valence-corrected chi connectivity index (χ2v) is 3.93. The summed E-state index contributed by atoms with van der Waals surface area (Å²) in [5.41, 5.74) is 1.39. The monoisotopic (exact) mass is 180 g/mol. The predicted molar refractivity (Wildman–Crippen MR) is 55.7 cm³/mol. The number of unbranched alkanes of at least 4 members (excludes halogenated alkanes) is 1. The third kappa shape index (κ3) is 4.25. The van der Waals surface area contributed by atoms with E-state index >= 15 is 0 Å². The molecule has 0 aromatic rings. The van der Waals surface area contributed by atoms with E-state index in [1.807, 2.05) is 6.08 Å². The molecule has 74 valence electrons. The van der Waals surface area contributed by atoms with Crippen LogP contribution in [0.3, 0.4) is 0 Å². The van der Waals surface area contributed by atoms with Crippen molar-refractivity contribution in [1.29, 1.82) is 0 Å². The molecule has 0 amide bonds. The highest BCUT2D eigenvalue weighted by Gasteiger charge is 2.06. The molecule has 0 saturated carbocycles. The van der Waals surface area contributed by atoms with Crippen LogP contribution in [-0.4, -0.2) is 5.78 Å². The first kappa shape index (κ1) is 10.5. The lowest BCUT2D eigenvalue weighted by atomic mass is 9.96. The average molecular weight is 180 g/mol. The Bertz CT molecular complexity index is 191. The molecule has 0 aliphatic heterocycles. The maximum absolute atomic E-state index is 11.3. The van der Waals surface area contributed by atoms with Crippen molar-refractivity contribution >= 4 is 5.78 Å². The standard InChI is InChI=1S/C12H20O/c1-2-3-7-11-8-5-4-6-9-12(13)10-11/h10H,2-9H2,1H3/b11-10-. The lowest BCUT2D eigenvalue weighted by molar-refractivity contribution is -0.114. The maximum atomic E-state index is 11.3. The van der Waals surface area contributed by atoms with Gasteiger partial charge in [-0.25, -0.2) is 0 Å². The molecule has 1 nitrogen and oxygen atoms in total. The van der Waals surface area contributed by atoms with Crippen LogP contribution in [0.1, 0.15) is 58.3 Å². The van der Waals surface area contributed by atoms with E-state index in [2.05, 4.69) is 6.92 Å². The number of allylic oxidation sites excluding steroid dienone is 2. The van der Waals surface area contributed by atoms with Crippen molar-refractivity contribution < 1.29 is 4.79 Å². The summed E-state index contributed by atoms with van der Waals surface area (Å²) in [6.07, 6.45) is 11.1. The van der Waals surface area contributed by atoms with Crippen molar-refractivity contribution in [2.75, 3.05) is 0 Å². The van der Waals surface area contributed by atoms with Gasteiger partial charge < -0.3 is 0 Å². The molecule has 0 saturated heterocycles. The molecular formula is C12H20O. The summed E-state index contributed by atoms with van der Waals surface area (Å²) in [6, 6.07) is 0. The second kappa shape index (κ2) is 5.95. The van der Waals surface area contributed by atoms with Crippen LogP contribution in [0.5, 0.6) is 0 Å². The van der Waals surface area contributed by atoms with E-state index in [4.69, 9.17) is 0 Å². The van der Waals surface area contributed by atoms with E-state index in [0.717, 1.165) is 25.7 Å². The fourth-order valence-corrected chi connectivity index (χ4v) is 1.80. The van der Waals surface area contributed by atoms with Gasteiger partial charge in [-0.05, 0) is 38.2 Å². The zero-order valence-electron chi connectivity index (χ0n) is 8.64. The van der Waals surface area contributed by atoms with Crippen molar-refractivity contribution in [3.63, 3.8) is 0 Å². The molecule has 1 rings (SSSR count). The molecule has 0 heterocycles. The Morgan fingerprint density at radius 1 is 1.23 bits per heavy atom. The summed E-state index contributed by atoms with van der Waals surface area (Å²) in [5.74, 6) is 0.353. The minimum Gasteiger partial charge on any atom is -0.295 e. The molecule has 1 aliphatic rings. The van der Waals surface area contributed by atoms with Crippen molar-refractivity contribution in [2.45, 2.75) is 58.3 Å². The average Bonchev–Trinajstić information content (AvgIpc) is 2.09. The maximum Gasteiger partial charge on any atom is 0.155 e. The number of carbonyl (C=O) groups is 1. The van der Waals surface area contributed by atoms with Crippen LogP contribution in [0.25, 0.3) is 0 Å². The normalized spacial score (nSPS) is 23.2. The van der Waals surface area contributed by atoms with Crippen LogP contribution in [0.4, 0.5) is 0 Å². The van der Waals surface area contributed by atoms with Crippen molar-refractivity contribution in [3.05, 3.63) is 11.6 Å². The highest BCUT2D eigenvalue weighted by molar-refractivity contribution is 5.90. The van der Waals surface area contributed by atoms with Crippen LogP contribution >= 0.6 is 0 Å². The Balaban J connectivity index is 2.46. The molecule has 0 fully saturated rings. The first-order chi connectivity index (χ1) is 6.33. The molecule has 0 radical (unpaired) electrons. The van der Waals surface area contributed by atoms with Gasteiger partial charge in [0.25, 0.3) is 0 Å². The summed E-state index contributed by atoms with van der Waals surface area (Å²) in [6.45, 7) is 2.20. The Hall–Kier alpha value is -0.590. The summed E-state index contributed by atoms with van der Waals surface area (Å²) in [7, 11) is 0. The number of ketones is 1. The van der Waals surface area contributed by atoms with Gasteiger partial charge in [0.15, 0.2) is 5.78 Å². The largest absolute Gasteiger partial charge is 0.295 e. The molecule has 13 heavy (non-hydrogen) atoms. The molecule has 0 bridgehead atoms. The molecule has 0 aromatic heterocycles. The Kier molecular flexibility index (Phi) is 4.81. The Labute approximate surface area is 81.2 Å². The van der Waals surface area contributed by atoms with Gasteiger partial charge in [0, 0.05) is 6.42 Å². The topological polar surface area (TPSA) is 17.1 Å². The van der Waals surface area contributed by atoms with E-state index in [0.29, 0.717) is 5.78 Å². The molecule has 0 aromatic carbocycles. The van der Waals surface area contributed by atoms with Crippen LogP contribution in [0, 0.1) is 0 Å². The summed E-state index contributed by atoms with van der Waals surface area (Å²) >= 11 is 0. The predicted octanol–water partition coefficient (Wildman–Crippen LogP) is 3.64. The van der Waals surface area contributed by atoms with Gasteiger partial charge in [0.05, 0.1) is 0 Å². The fourth-order valence-electron chi connectivity index (χ4n) is 1.80. The van der Waals surface area contributed by atoms with E-state index in [1.54, 1.807) is 0 Å². The summed E-state index contributed by atoms with van der Waals surface area (Å²) < 4.78 is 0. The fraction of sp³-hybridized carbons (Fsp3) is 0.750. The number of hydrogen-bond acceptors (Lipinski definition) is 1. The van der Waals surface area contributed by atoms with Crippen LogP contribution in [-0.2, 0) is 4.79 Å². The number of rotatable bonds is 3. The van der Waals surface area contributed by atoms with E-state index in [-0.39, 0.29) is 0 Å². The highest BCUT2D eigenvalue weighted by Crippen LogP contribution is 2.19. The zero-order valence-corrected chi connectivity index (χ0v) is 8.64. The van der Waals surface area contributed by atoms with Gasteiger partial charge in [0.2, 0.25) is 0 Å². The van der Waals surface area contributed by atoms with E-state index in [9.17, 15) is 4.79 Å². The molecule has 1 heteroatoms. The van der Waals surface area contributed by atoms with Crippen LogP contribution in [0.2, 0.25) is 0 Å². The Morgan fingerprint density at radius 2 is 2.00 bits per heavy atom. The number of hydrogen-bond donors (Lipinski definition) is 0. The van der Waals surface area contributed by atoms with Crippen LogP contribution in [0.15, 0.2) is 11.6 Å². The van der Waals surface area contributed by atoms with E-state index in [1.165, 1.54) is 31.3 Å². The third-order valence-corrected chi connectivity index (χ3v) is 2.64. The smallest absolute Gasteiger partial charge is 0.155 e. The molecule has 0 spiro atoms. The van der Waals surface area contributed by atoms with Gasteiger partial charge >= 0.3 is 0 Å². The van der Waals surface area contributed by atoms with E-state index < -0.39 is 0 Å².